The van der Waals surface area contributed by atoms with Crippen molar-refractivity contribution in [1.29, 1.82) is 0 Å². The fourth-order valence-electron chi connectivity index (χ4n) is 13.0. The molecule has 10 rings (SSSR count). The molecule has 0 amide bonds. The van der Waals surface area contributed by atoms with Gasteiger partial charge in [-0.25, -0.2) is 4.79 Å². The molecule has 11 bridgehead atoms. The molecule has 11 nitrogen and oxygen atoms in total. The molecule has 0 saturated heterocycles. The molecule has 3 aliphatic heterocycles. The maximum absolute atomic E-state index is 15.7. The molecule has 11 atom stereocenters. The maximum Gasteiger partial charge on any atom is 0.334 e. The Bertz CT molecular complexity index is 2480. The third-order valence-corrected chi connectivity index (χ3v) is 16.1. The minimum Gasteiger partial charge on any atom is -0.508 e. The number of carbonyl (C=O) groups is 3. The SMILES string of the molecule is C[C@H](O)CNc1cc(CO)cc([C@H]2C#C[C@@H]3CC(=O)Oc4cc(O)c(cc43)C[C@H]3OC(=O)/C(=C4\CCc5ccc(cc5C[C@@H]4O)C[C@H]4C(=O)CC[C@H]5[C@@H]4C[C@H]4CCCC[C@@H]4[C@@]35O)C2)c1. The Morgan fingerprint density at radius 1 is 0.859 bits per heavy atom. The lowest BCUT2D eigenvalue weighted by Gasteiger charge is -2.59. The van der Waals surface area contributed by atoms with E-state index in [0.29, 0.717) is 65.6 Å². The first kappa shape index (κ1) is 42.9. The number of hydrogen-bond donors (Lipinski definition) is 6. The van der Waals surface area contributed by atoms with Crippen LogP contribution in [0.3, 0.4) is 0 Å². The third-order valence-electron chi connectivity index (χ3n) is 16.1. The fourth-order valence-corrected chi connectivity index (χ4v) is 13.0. The van der Waals surface area contributed by atoms with Gasteiger partial charge in [0, 0.05) is 60.5 Å². The lowest BCUT2D eigenvalue weighted by molar-refractivity contribution is -0.228. The Kier molecular flexibility index (Phi) is 11.5. The normalized spacial score (nSPS) is 33.6. The lowest BCUT2D eigenvalue weighted by Crippen LogP contribution is -2.66. The van der Waals surface area contributed by atoms with E-state index in [1.807, 2.05) is 12.1 Å². The van der Waals surface area contributed by atoms with Gasteiger partial charge >= 0.3 is 11.9 Å². The number of aryl methyl sites for hydroxylation is 1. The number of benzene rings is 3. The smallest absolute Gasteiger partial charge is 0.334 e. The van der Waals surface area contributed by atoms with Crippen molar-refractivity contribution in [2.24, 2.45) is 29.6 Å². The second-order valence-electron chi connectivity index (χ2n) is 19.9. The fraction of sp³-hybridized carbons (Fsp3) is 0.528. The van der Waals surface area contributed by atoms with Gasteiger partial charge in [-0.05, 0) is 133 Å². The van der Waals surface area contributed by atoms with Crippen LogP contribution in [0.4, 0.5) is 5.69 Å². The van der Waals surface area contributed by atoms with E-state index in [0.717, 1.165) is 48.8 Å². The molecule has 6 N–H and O–H groups in total. The van der Waals surface area contributed by atoms with Crippen LogP contribution in [0.25, 0.3) is 0 Å². The number of hydrogen-bond acceptors (Lipinski definition) is 11. The number of nitrogens with one attached hydrogen (secondary N) is 1. The van der Waals surface area contributed by atoms with Crippen molar-refractivity contribution in [1.82, 2.24) is 0 Å². The quantitative estimate of drug-likeness (QED) is 0.0966. The average Bonchev–Trinajstić information content (AvgIpc) is 3.43. The summed E-state index contributed by atoms with van der Waals surface area (Å²) in [6.07, 6.45) is 3.92. The van der Waals surface area contributed by atoms with Gasteiger partial charge in [0.05, 0.1) is 31.2 Å². The molecule has 3 fully saturated rings. The lowest BCUT2D eigenvalue weighted by atomic mass is 9.48. The van der Waals surface area contributed by atoms with Gasteiger partial charge in [0.25, 0.3) is 0 Å². The van der Waals surface area contributed by atoms with Crippen LogP contribution >= 0.6 is 0 Å². The van der Waals surface area contributed by atoms with E-state index in [4.69, 9.17) is 9.47 Å². The van der Waals surface area contributed by atoms with E-state index in [2.05, 4.69) is 35.4 Å². The summed E-state index contributed by atoms with van der Waals surface area (Å²) in [4.78, 5) is 43.0. The molecule has 3 heterocycles. The number of ketones is 1. The molecular formula is C53H59NO10. The standard InChI is InChI=1S/C53H59NO10/c1-28(56)26-54-38-16-30(27-55)15-35(18-38)32-8-9-33-24-51(60)63-49-25-47(58)37(21-40(33)49)23-50-53(62)44-5-3-2-4-34(44)20-41-42(46(57)13-12-45(41)53)17-29-6-7-31-10-11-39(43(19-32)52(61)64-50)48(59)22-36(31)14-29/h6-7,14-16,18,21,25,28,32-34,41-42,44-45,48,50,54-56,58-59,62H,2-5,10-13,17,19-20,22-24,26-27H2,1H3/b43-39+/t28-,32-,33+,34+,41+,42+,44-,45-,48-,50+,53-/m0/s1. The molecule has 0 radical (unpaired) electrons. The number of fused-ring (bicyclic) bond motifs is 10. The minimum atomic E-state index is -1.57. The van der Waals surface area contributed by atoms with E-state index in [1.54, 1.807) is 19.1 Å². The van der Waals surface area contributed by atoms with Gasteiger partial charge in [-0.15, -0.1) is 0 Å². The number of aromatic hydroxyl groups is 1. The van der Waals surface area contributed by atoms with Crippen LogP contribution in [0.5, 0.6) is 11.5 Å². The van der Waals surface area contributed by atoms with E-state index in [9.17, 15) is 35.1 Å². The number of phenols is 1. The third kappa shape index (κ3) is 7.84. The van der Waals surface area contributed by atoms with Crippen LogP contribution in [-0.4, -0.2) is 73.7 Å². The van der Waals surface area contributed by atoms with Crippen molar-refractivity contribution < 1.29 is 49.4 Å². The highest BCUT2D eigenvalue weighted by Crippen LogP contribution is 2.59. The average molecular weight is 870 g/mol. The summed E-state index contributed by atoms with van der Waals surface area (Å²) in [5.41, 5.74) is 5.25. The Balaban J connectivity index is 1.21. The van der Waals surface area contributed by atoms with Crippen molar-refractivity contribution in [2.75, 3.05) is 11.9 Å². The van der Waals surface area contributed by atoms with Gasteiger partial charge < -0.3 is 40.3 Å². The number of Topliss-reactive ketones (excluding diaryl/α,β-unsaturated/α-hetero) is 1. The van der Waals surface area contributed by atoms with Crippen LogP contribution in [0.1, 0.15) is 122 Å². The molecule has 4 aliphatic carbocycles. The van der Waals surface area contributed by atoms with E-state index in [1.165, 1.54) is 6.07 Å². The molecule has 7 aliphatic rings. The minimum absolute atomic E-state index is 0.0111. The Hall–Kier alpha value is -4.99. The predicted octanol–water partition coefficient (Wildman–Crippen LogP) is 6.27. The number of phenolic OH excluding ortho intramolecular Hbond substituents is 1. The number of aliphatic hydroxyl groups is 4. The molecule has 64 heavy (non-hydrogen) atoms. The summed E-state index contributed by atoms with van der Waals surface area (Å²) in [6, 6.07) is 15.1. The highest BCUT2D eigenvalue weighted by atomic mass is 16.6. The summed E-state index contributed by atoms with van der Waals surface area (Å²) in [5.74, 6) is 3.59. The van der Waals surface area contributed by atoms with E-state index in [-0.39, 0.29) is 91.3 Å². The van der Waals surface area contributed by atoms with Crippen LogP contribution in [0, 0.1) is 41.4 Å². The number of ether oxygens (including phenoxy) is 2. The van der Waals surface area contributed by atoms with E-state index < -0.39 is 47.7 Å². The second-order valence-corrected chi connectivity index (χ2v) is 19.9. The largest absolute Gasteiger partial charge is 0.508 e. The summed E-state index contributed by atoms with van der Waals surface area (Å²) < 4.78 is 12.6. The molecule has 0 unspecified atom stereocenters. The highest BCUT2D eigenvalue weighted by molar-refractivity contribution is 5.90. The van der Waals surface area contributed by atoms with Gasteiger partial charge in [-0.3, -0.25) is 9.59 Å². The Morgan fingerprint density at radius 2 is 1.69 bits per heavy atom. The van der Waals surface area contributed by atoms with E-state index >= 15 is 4.79 Å². The first-order chi connectivity index (χ1) is 30.9. The van der Waals surface area contributed by atoms with Gasteiger partial charge in [0.2, 0.25) is 0 Å². The van der Waals surface area contributed by atoms with Crippen LogP contribution < -0.4 is 10.1 Å². The zero-order chi connectivity index (χ0) is 44.4. The zero-order valence-corrected chi connectivity index (χ0v) is 36.5. The van der Waals surface area contributed by atoms with Gasteiger partial charge in [0.15, 0.2) is 0 Å². The predicted molar refractivity (Wildman–Crippen MR) is 237 cm³/mol. The van der Waals surface area contributed by atoms with Crippen LogP contribution in [0.2, 0.25) is 0 Å². The van der Waals surface area contributed by atoms with Crippen molar-refractivity contribution in [3.63, 3.8) is 0 Å². The first-order valence-electron chi connectivity index (χ1n) is 23.6. The summed E-state index contributed by atoms with van der Waals surface area (Å²) in [5, 5.41) is 62.0. The molecule has 0 aromatic heterocycles. The molecule has 3 saturated carbocycles. The monoisotopic (exact) mass is 869 g/mol. The molecule has 11 heteroatoms. The number of rotatable bonds is 5. The molecule has 0 spiro atoms. The number of aliphatic hydroxyl groups excluding tert-OH is 3. The van der Waals surface area contributed by atoms with Gasteiger partial charge in [0.1, 0.15) is 29.0 Å². The van der Waals surface area contributed by atoms with Gasteiger partial charge in [-0.2, -0.15) is 0 Å². The summed E-state index contributed by atoms with van der Waals surface area (Å²) >= 11 is 0. The Labute approximate surface area is 374 Å². The molecule has 3 aromatic rings. The summed E-state index contributed by atoms with van der Waals surface area (Å²) in [6.45, 7) is 1.64. The maximum atomic E-state index is 15.7. The van der Waals surface area contributed by atoms with Gasteiger partial charge in [-0.1, -0.05) is 55.4 Å². The second kappa shape index (κ2) is 17.1. The van der Waals surface area contributed by atoms with Crippen LogP contribution in [0.15, 0.2) is 59.7 Å². The van der Waals surface area contributed by atoms with Crippen molar-refractivity contribution >= 4 is 23.4 Å². The molecule has 3 aromatic carbocycles. The number of carbonyl (C=O) groups excluding carboxylic acids is 3. The highest BCUT2D eigenvalue weighted by Gasteiger charge is 2.62. The Morgan fingerprint density at radius 3 is 2.52 bits per heavy atom. The first-order valence-corrected chi connectivity index (χ1v) is 23.6. The molecule has 336 valence electrons. The zero-order valence-electron chi connectivity index (χ0n) is 36.5. The number of esters is 2. The topological polar surface area (TPSA) is 183 Å². The molecular weight excluding hydrogens is 811 g/mol. The number of anilines is 1. The summed E-state index contributed by atoms with van der Waals surface area (Å²) in [7, 11) is 0. The van der Waals surface area contributed by atoms with Crippen molar-refractivity contribution in [2.45, 2.75) is 139 Å². The van der Waals surface area contributed by atoms with Crippen molar-refractivity contribution in [3.05, 3.63) is 98.6 Å². The van der Waals surface area contributed by atoms with Crippen LogP contribution in [-0.2, 0) is 51.4 Å². The van der Waals surface area contributed by atoms with Crippen molar-refractivity contribution in [3.8, 4) is 23.3 Å².